The molecule has 142 valence electrons. The highest BCUT2D eigenvalue weighted by atomic mass is 16.5. The second-order valence-electron chi connectivity index (χ2n) is 6.79. The predicted molar refractivity (Wildman–Crippen MR) is 105 cm³/mol. The van der Waals surface area contributed by atoms with Crippen LogP contribution in [0.2, 0.25) is 0 Å². The molecular formula is C20H35N3O2. The number of nitrogens with one attached hydrogen (secondary N) is 2. The number of ether oxygens (including phenoxy) is 1. The number of benzene rings is 1. The maximum absolute atomic E-state index is 10.7. The minimum Gasteiger partial charge on any atom is -0.384 e. The van der Waals surface area contributed by atoms with Gasteiger partial charge in [-0.25, -0.2) is 4.99 Å². The van der Waals surface area contributed by atoms with Crippen molar-refractivity contribution in [3.05, 3.63) is 35.9 Å². The first kappa shape index (κ1) is 21.5. The first-order valence-corrected chi connectivity index (χ1v) is 9.32. The lowest BCUT2D eigenvalue weighted by molar-refractivity contribution is 0.0258. The number of guanidine groups is 1. The molecule has 0 aliphatic heterocycles. The van der Waals surface area contributed by atoms with Crippen LogP contribution in [0.15, 0.2) is 35.3 Å². The van der Waals surface area contributed by atoms with Gasteiger partial charge in [0.05, 0.1) is 12.6 Å². The second-order valence-corrected chi connectivity index (χ2v) is 6.79. The number of hydrogen-bond donors (Lipinski definition) is 3. The number of aliphatic hydroxyl groups is 1. The summed E-state index contributed by atoms with van der Waals surface area (Å²) < 4.78 is 5.78. The average Bonchev–Trinajstić information content (AvgIpc) is 2.59. The van der Waals surface area contributed by atoms with E-state index in [4.69, 9.17) is 4.74 Å². The van der Waals surface area contributed by atoms with Gasteiger partial charge >= 0.3 is 0 Å². The molecule has 0 aliphatic rings. The average molecular weight is 350 g/mol. The van der Waals surface area contributed by atoms with Gasteiger partial charge in [0.1, 0.15) is 5.60 Å². The van der Waals surface area contributed by atoms with Crippen LogP contribution in [-0.4, -0.2) is 43.4 Å². The second kappa shape index (κ2) is 11.1. The topological polar surface area (TPSA) is 65.9 Å². The molecule has 0 fully saturated rings. The number of rotatable bonds is 10. The van der Waals surface area contributed by atoms with E-state index in [0.717, 1.165) is 37.6 Å². The van der Waals surface area contributed by atoms with Gasteiger partial charge in [-0.2, -0.15) is 0 Å². The molecule has 0 bridgehead atoms. The van der Waals surface area contributed by atoms with E-state index in [9.17, 15) is 5.11 Å². The van der Waals surface area contributed by atoms with E-state index in [1.54, 1.807) is 6.92 Å². The van der Waals surface area contributed by atoms with Crippen LogP contribution in [0.4, 0.5) is 0 Å². The van der Waals surface area contributed by atoms with Gasteiger partial charge in [0, 0.05) is 19.7 Å². The van der Waals surface area contributed by atoms with Crippen molar-refractivity contribution in [1.29, 1.82) is 0 Å². The SMILES string of the molecule is CCNC(=NCC(C)(O)c1ccccc1)NCCC(OCC)C(C)C. The number of hydrogen-bond acceptors (Lipinski definition) is 3. The summed E-state index contributed by atoms with van der Waals surface area (Å²) in [5.41, 5.74) is -0.124. The maximum Gasteiger partial charge on any atom is 0.191 e. The lowest BCUT2D eigenvalue weighted by Gasteiger charge is -2.23. The highest BCUT2D eigenvalue weighted by Crippen LogP contribution is 2.20. The minimum absolute atomic E-state index is 0.243. The summed E-state index contributed by atoms with van der Waals surface area (Å²) in [5.74, 6) is 1.21. The summed E-state index contributed by atoms with van der Waals surface area (Å²) in [6, 6.07) is 9.64. The Balaban J connectivity index is 2.61. The predicted octanol–water partition coefficient (Wildman–Crippen LogP) is 2.90. The number of aliphatic imine (C=N–C) groups is 1. The molecule has 0 saturated carbocycles. The van der Waals surface area contributed by atoms with Crippen molar-refractivity contribution in [2.45, 2.75) is 52.7 Å². The van der Waals surface area contributed by atoms with Crippen LogP contribution in [0, 0.1) is 5.92 Å². The third-order valence-electron chi connectivity index (χ3n) is 4.13. The van der Waals surface area contributed by atoms with Crippen LogP contribution in [0.5, 0.6) is 0 Å². The molecule has 25 heavy (non-hydrogen) atoms. The summed E-state index contributed by atoms with van der Waals surface area (Å²) in [7, 11) is 0. The molecule has 2 atom stereocenters. The summed E-state index contributed by atoms with van der Waals surface area (Å²) in [6.45, 7) is 12.8. The maximum atomic E-state index is 10.7. The Bertz CT molecular complexity index is 501. The first-order valence-electron chi connectivity index (χ1n) is 9.32. The molecule has 0 spiro atoms. The van der Waals surface area contributed by atoms with Crippen molar-refractivity contribution in [3.8, 4) is 0 Å². The van der Waals surface area contributed by atoms with Gasteiger partial charge in [-0.1, -0.05) is 44.2 Å². The molecule has 1 aromatic rings. The van der Waals surface area contributed by atoms with E-state index in [1.807, 2.05) is 44.2 Å². The van der Waals surface area contributed by atoms with Crippen molar-refractivity contribution in [2.75, 3.05) is 26.2 Å². The Morgan fingerprint density at radius 2 is 1.88 bits per heavy atom. The van der Waals surface area contributed by atoms with Crippen molar-refractivity contribution in [1.82, 2.24) is 10.6 Å². The van der Waals surface area contributed by atoms with Crippen LogP contribution in [-0.2, 0) is 10.3 Å². The Labute approximate surface area is 152 Å². The van der Waals surface area contributed by atoms with E-state index in [0.29, 0.717) is 12.5 Å². The quantitative estimate of drug-likeness (QED) is 0.449. The molecule has 0 heterocycles. The summed E-state index contributed by atoms with van der Waals surface area (Å²) in [6.07, 6.45) is 1.16. The van der Waals surface area contributed by atoms with Gasteiger partial charge in [-0.15, -0.1) is 0 Å². The monoisotopic (exact) mass is 349 g/mol. The summed E-state index contributed by atoms with van der Waals surface area (Å²) in [4.78, 5) is 4.55. The highest BCUT2D eigenvalue weighted by molar-refractivity contribution is 5.79. The zero-order chi connectivity index (χ0) is 18.7. The van der Waals surface area contributed by atoms with Crippen LogP contribution in [0.25, 0.3) is 0 Å². The van der Waals surface area contributed by atoms with Crippen LogP contribution < -0.4 is 10.6 Å². The van der Waals surface area contributed by atoms with Gasteiger partial charge in [-0.05, 0) is 38.7 Å². The van der Waals surface area contributed by atoms with Gasteiger partial charge in [-0.3, -0.25) is 0 Å². The molecule has 5 nitrogen and oxygen atoms in total. The molecule has 0 amide bonds. The zero-order valence-corrected chi connectivity index (χ0v) is 16.4. The molecule has 0 aromatic heterocycles. The molecule has 1 aromatic carbocycles. The largest absolute Gasteiger partial charge is 0.384 e. The normalized spacial score (nSPS) is 15.7. The molecule has 2 unspecified atom stereocenters. The third kappa shape index (κ3) is 7.88. The Morgan fingerprint density at radius 1 is 1.20 bits per heavy atom. The smallest absolute Gasteiger partial charge is 0.191 e. The standard InChI is InChI=1S/C20H35N3O2/c1-6-21-19(22-14-13-18(16(3)4)25-7-2)23-15-20(5,24)17-11-9-8-10-12-17/h8-12,16,18,24H,6-7,13-15H2,1-5H3,(H2,21,22,23). The zero-order valence-electron chi connectivity index (χ0n) is 16.4. The molecule has 5 heteroatoms. The Hall–Kier alpha value is -1.59. The van der Waals surface area contributed by atoms with Gasteiger partial charge in [0.25, 0.3) is 0 Å². The van der Waals surface area contributed by atoms with Crippen molar-refractivity contribution in [2.24, 2.45) is 10.9 Å². The first-order chi connectivity index (χ1) is 11.9. The lowest BCUT2D eigenvalue weighted by atomic mass is 9.96. The van der Waals surface area contributed by atoms with Crippen molar-refractivity contribution >= 4 is 5.96 Å². The van der Waals surface area contributed by atoms with Gasteiger partial charge in [0.15, 0.2) is 5.96 Å². The van der Waals surface area contributed by atoms with E-state index in [1.165, 1.54) is 0 Å². The molecule has 0 radical (unpaired) electrons. The summed E-state index contributed by atoms with van der Waals surface area (Å²) >= 11 is 0. The van der Waals surface area contributed by atoms with Gasteiger partial charge in [0.2, 0.25) is 0 Å². The van der Waals surface area contributed by atoms with E-state index in [-0.39, 0.29) is 6.10 Å². The third-order valence-corrected chi connectivity index (χ3v) is 4.13. The Morgan fingerprint density at radius 3 is 2.44 bits per heavy atom. The van der Waals surface area contributed by atoms with E-state index < -0.39 is 5.60 Å². The number of nitrogens with zero attached hydrogens (tertiary/aromatic N) is 1. The molecule has 0 aliphatic carbocycles. The molecule has 0 saturated heterocycles. The van der Waals surface area contributed by atoms with E-state index >= 15 is 0 Å². The Kier molecular flexibility index (Phi) is 9.53. The summed E-state index contributed by atoms with van der Waals surface area (Å²) in [5, 5.41) is 17.2. The minimum atomic E-state index is -0.991. The molecular weight excluding hydrogens is 314 g/mol. The van der Waals surface area contributed by atoms with E-state index in [2.05, 4.69) is 29.5 Å². The highest BCUT2D eigenvalue weighted by Gasteiger charge is 2.22. The molecule has 3 N–H and O–H groups in total. The van der Waals surface area contributed by atoms with Crippen LogP contribution >= 0.6 is 0 Å². The van der Waals surface area contributed by atoms with Crippen LogP contribution in [0.1, 0.15) is 46.6 Å². The fourth-order valence-electron chi connectivity index (χ4n) is 2.62. The van der Waals surface area contributed by atoms with Crippen LogP contribution in [0.3, 0.4) is 0 Å². The van der Waals surface area contributed by atoms with Gasteiger partial charge < -0.3 is 20.5 Å². The lowest BCUT2D eigenvalue weighted by Crippen LogP contribution is -2.40. The van der Waals surface area contributed by atoms with Crippen molar-refractivity contribution in [3.63, 3.8) is 0 Å². The molecule has 1 rings (SSSR count). The fraction of sp³-hybridized carbons (Fsp3) is 0.650. The van der Waals surface area contributed by atoms with Crippen molar-refractivity contribution < 1.29 is 9.84 Å². The fourth-order valence-corrected chi connectivity index (χ4v) is 2.62.